The number of rotatable bonds is 28. The van der Waals surface area contributed by atoms with E-state index >= 15 is 0 Å². The van der Waals surface area contributed by atoms with Gasteiger partial charge in [-0.3, -0.25) is 4.79 Å². The molecular weight excluding hydrogens is 644 g/mol. The molecule has 3 N–H and O–H groups in total. The molecular formula is C42H78N2O7. The van der Waals surface area contributed by atoms with Crippen LogP contribution in [-0.4, -0.2) is 113 Å². The van der Waals surface area contributed by atoms with Crippen molar-refractivity contribution in [2.45, 2.75) is 217 Å². The number of hydrogen-bond donors (Lipinski definition) is 3. The van der Waals surface area contributed by atoms with E-state index in [0.29, 0.717) is 12.8 Å². The molecule has 3 fully saturated rings. The summed E-state index contributed by atoms with van der Waals surface area (Å²) >= 11 is 0. The number of nitrogens with zero attached hydrogens (tertiary/aromatic N) is 2. The molecule has 3 rings (SSSR count). The fourth-order valence-corrected chi connectivity index (χ4v) is 8.48. The van der Waals surface area contributed by atoms with E-state index in [1.807, 2.05) is 4.90 Å². The Hall–Kier alpha value is -1.10. The fraction of sp³-hybridized carbons (Fsp3) is 0.952. The van der Waals surface area contributed by atoms with E-state index in [1.54, 1.807) is 6.92 Å². The SMILES string of the molecule is CCCCCC[C@H](O)CCC[C@H](O)[C@H]1CC[C@H]([C@H]2CC[C@H]([C@H](O)CCCCCCCCCCCCC(CC(C)=O)C(=O)N3CCN(C)CC3)O2)O1. The summed E-state index contributed by atoms with van der Waals surface area (Å²) in [6.45, 7) is 7.18. The van der Waals surface area contributed by atoms with Crippen LogP contribution in [0.15, 0.2) is 0 Å². The Morgan fingerprint density at radius 3 is 1.59 bits per heavy atom. The molecule has 0 aromatic heterocycles. The summed E-state index contributed by atoms with van der Waals surface area (Å²) in [6, 6.07) is 0. The van der Waals surface area contributed by atoms with Crippen LogP contribution in [0.25, 0.3) is 0 Å². The molecule has 298 valence electrons. The van der Waals surface area contributed by atoms with Gasteiger partial charge in [-0.15, -0.1) is 0 Å². The second-order valence-corrected chi connectivity index (χ2v) is 16.5. The number of likely N-dealkylation sites (N-methyl/N-ethyl adjacent to an activating group) is 1. The topological polar surface area (TPSA) is 120 Å². The first-order valence-corrected chi connectivity index (χ1v) is 21.5. The maximum Gasteiger partial charge on any atom is 0.226 e. The first-order valence-electron chi connectivity index (χ1n) is 21.5. The molecule has 9 heteroatoms. The highest BCUT2D eigenvalue weighted by Crippen LogP contribution is 2.34. The lowest BCUT2D eigenvalue weighted by Crippen LogP contribution is -2.49. The summed E-state index contributed by atoms with van der Waals surface area (Å²) in [5.74, 6) is 0.153. The Bertz CT molecular complexity index is 929. The van der Waals surface area contributed by atoms with E-state index < -0.39 is 12.2 Å². The Balaban J connectivity index is 1.15. The van der Waals surface area contributed by atoms with Crippen LogP contribution in [-0.2, 0) is 19.1 Å². The number of aliphatic hydroxyl groups excluding tert-OH is 3. The van der Waals surface area contributed by atoms with Crippen LogP contribution >= 0.6 is 0 Å². The normalized spacial score (nSPS) is 25.3. The van der Waals surface area contributed by atoms with E-state index in [9.17, 15) is 24.9 Å². The van der Waals surface area contributed by atoms with Gasteiger partial charge in [0.15, 0.2) is 0 Å². The third-order valence-electron chi connectivity index (χ3n) is 11.9. The van der Waals surface area contributed by atoms with Crippen molar-refractivity contribution in [2.75, 3.05) is 33.2 Å². The van der Waals surface area contributed by atoms with Crippen LogP contribution in [0.5, 0.6) is 0 Å². The molecule has 0 radical (unpaired) electrons. The number of carbonyl (C=O) groups is 2. The van der Waals surface area contributed by atoms with Crippen LogP contribution in [0, 0.1) is 5.92 Å². The van der Waals surface area contributed by atoms with Gasteiger partial charge in [-0.2, -0.15) is 0 Å². The minimum absolute atomic E-state index is 0.00558. The monoisotopic (exact) mass is 723 g/mol. The molecule has 0 aromatic rings. The molecule has 3 aliphatic rings. The Morgan fingerprint density at radius 1 is 0.608 bits per heavy atom. The van der Waals surface area contributed by atoms with Crippen molar-refractivity contribution in [3.05, 3.63) is 0 Å². The second-order valence-electron chi connectivity index (χ2n) is 16.5. The minimum Gasteiger partial charge on any atom is -0.393 e. The molecule has 51 heavy (non-hydrogen) atoms. The van der Waals surface area contributed by atoms with Crippen LogP contribution in [0.4, 0.5) is 0 Å². The van der Waals surface area contributed by atoms with Gasteiger partial charge >= 0.3 is 0 Å². The van der Waals surface area contributed by atoms with Crippen LogP contribution in [0.2, 0.25) is 0 Å². The summed E-state index contributed by atoms with van der Waals surface area (Å²) in [6.07, 6.45) is 23.7. The zero-order valence-electron chi connectivity index (χ0n) is 33.0. The number of ether oxygens (including phenoxy) is 2. The van der Waals surface area contributed by atoms with Crippen molar-refractivity contribution in [3.63, 3.8) is 0 Å². The maximum absolute atomic E-state index is 13.0. The average molecular weight is 723 g/mol. The number of ketones is 1. The van der Waals surface area contributed by atoms with Crippen molar-refractivity contribution in [1.29, 1.82) is 0 Å². The standard InChI is InChI=1S/C42H78N2O7/c1-4-5-6-16-20-35(46)21-18-23-37(48)39-25-27-41(51-39)40-26-24-38(50-40)36(47)22-17-14-12-10-8-7-9-11-13-15-19-34(32-33(2)45)42(49)44-30-28-43(3)29-31-44/h34-41,46-48H,4-32H2,1-3H3/t34?,35-,36+,37-,38+,39+,40+,41+/m0/s1. The minimum atomic E-state index is -0.488. The molecule has 1 unspecified atom stereocenters. The van der Waals surface area contributed by atoms with Gasteiger partial charge in [0.2, 0.25) is 5.91 Å². The highest BCUT2D eigenvalue weighted by molar-refractivity contribution is 5.85. The number of piperazine rings is 1. The van der Waals surface area contributed by atoms with Crippen molar-refractivity contribution < 1.29 is 34.4 Å². The van der Waals surface area contributed by atoms with Gasteiger partial charge in [-0.25, -0.2) is 0 Å². The number of Topliss-reactive ketones (excluding diaryl/α,β-unsaturated/α-hetero) is 1. The van der Waals surface area contributed by atoms with Gasteiger partial charge in [-0.1, -0.05) is 96.8 Å². The fourth-order valence-electron chi connectivity index (χ4n) is 8.48. The van der Waals surface area contributed by atoms with Crippen LogP contribution < -0.4 is 0 Å². The number of aliphatic hydroxyl groups is 3. The smallest absolute Gasteiger partial charge is 0.226 e. The van der Waals surface area contributed by atoms with Crippen molar-refractivity contribution >= 4 is 11.7 Å². The van der Waals surface area contributed by atoms with E-state index in [2.05, 4.69) is 18.9 Å². The predicted octanol–water partition coefficient (Wildman–Crippen LogP) is 7.36. The van der Waals surface area contributed by atoms with Gasteiger partial charge < -0.3 is 39.4 Å². The molecule has 3 aliphatic heterocycles. The van der Waals surface area contributed by atoms with E-state index in [-0.39, 0.29) is 48.1 Å². The van der Waals surface area contributed by atoms with Gasteiger partial charge in [-0.05, 0) is 78.2 Å². The van der Waals surface area contributed by atoms with Crippen molar-refractivity contribution in [2.24, 2.45) is 5.92 Å². The number of carbonyl (C=O) groups excluding carboxylic acids is 2. The van der Waals surface area contributed by atoms with E-state index in [4.69, 9.17) is 9.47 Å². The summed E-state index contributed by atoms with van der Waals surface area (Å²) in [7, 11) is 2.09. The lowest BCUT2D eigenvalue weighted by molar-refractivity contribution is -0.139. The van der Waals surface area contributed by atoms with Gasteiger partial charge in [0, 0.05) is 38.5 Å². The molecule has 0 aliphatic carbocycles. The Labute approximate surface area is 311 Å². The number of hydrogen-bond acceptors (Lipinski definition) is 8. The van der Waals surface area contributed by atoms with Gasteiger partial charge in [0.1, 0.15) is 5.78 Å². The summed E-state index contributed by atoms with van der Waals surface area (Å²) in [5, 5.41) is 31.8. The Kier molecular flexibility index (Phi) is 22.4. The Morgan fingerprint density at radius 2 is 1.06 bits per heavy atom. The predicted molar refractivity (Wildman–Crippen MR) is 205 cm³/mol. The van der Waals surface area contributed by atoms with Crippen LogP contribution in [0.3, 0.4) is 0 Å². The molecule has 1 amide bonds. The zero-order valence-corrected chi connectivity index (χ0v) is 33.0. The third-order valence-corrected chi connectivity index (χ3v) is 11.9. The third kappa shape index (κ3) is 17.7. The van der Waals surface area contributed by atoms with E-state index in [0.717, 1.165) is 116 Å². The maximum atomic E-state index is 13.0. The van der Waals surface area contributed by atoms with E-state index in [1.165, 1.54) is 57.8 Å². The molecule has 3 saturated heterocycles. The highest BCUT2D eigenvalue weighted by atomic mass is 16.6. The molecule has 3 heterocycles. The summed E-state index contributed by atoms with van der Waals surface area (Å²) < 4.78 is 12.6. The van der Waals surface area contributed by atoms with Gasteiger partial charge in [0.05, 0.1) is 42.7 Å². The average Bonchev–Trinajstić information content (AvgIpc) is 3.81. The lowest BCUT2D eigenvalue weighted by atomic mass is 9.93. The zero-order chi connectivity index (χ0) is 36.8. The molecule has 0 bridgehead atoms. The first-order chi connectivity index (χ1) is 24.7. The summed E-state index contributed by atoms with van der Waals surface area (Å²) in [5.41, 5.74) is 0. The number of amides is 1. The molecule has 0 spiro atoms. The van der Waals surface area contributed by atoms with Crippen molar-refractivity contribution in [3.8, 4) is 0 Å². The molecule has 8 atom stereocenters. The largest absolute Gasteiger partial charge is 0.393 e. The molecule has 0 saturated carbocycles. The number of unbranched alkanes of at least 4 members (excludes halogenated alkanes) is 12. The molecule has 0 aromatic carbocycles. The molecule has 9 nitrogen and oxygen atoms in total. The first kappa shape index (κ1) is 44.3. The highest BCUT2D eigenvalue weighted by Gasteiger charge is 2.40. The van der Waals surface area contributed by atoms with Gasteiger partial charge in [0.25, 0.3) is 0 Å². The summed E-state index contributed by atoms with van der Waals surface area (Å²) in [4.78, 5) is 29.1. The van der Waals surface area contributed by atoms with Crippen molar-refractivity contribution in [1.82, 2.24) is 9.80 Å². The lowest BCUT2D eigenvalue weighted by Gasteiger charge is -2.34. The second kappa shape index (κ2) is 25.8. The van der Waals surface area contributed by atoms with Crippen LogP contribution in [0.1, 0.15) is 174 Å². The quantitative estimate of drug-likeness (QED) is 0.0718.